The monoisotopic (exact) mass is 334 g/mol. The molecule has 3 N–H and O–H groups in total. The summed E-state index contributed by atoms with van der Waals surface area (Å²) >= 11 is 0. The van der Waals surface area contributed by atoms with Gasteiger partial charge in [-0.1, -0.05) is 25.5 Å². The molecule has 0 unspecified atom stereocenters. The Kier molecular flexibility index (Phi) is 3.77. The van der Waals surface area contributed by atoms with Gasteiger partial charge in [0.25, 0.3) is 0 Å². The van der Waals surface area contributed by atoms with E-state index in [4.69, 9.17) is 0 Å². The molecule has 3 heteroatoms. The summed E-state index contributed by atoms with van der Waals surface area (Å²) in [6.45, 7) is 6.43. The van der Waals surface area contributed by atoms with E-state index in [0.717, 1.165) is 51.4 Å². The van der Waals surface area contributed by atoms with E-state index in [-0.39, 0.29) is 16.9 Å². The highest BCUT2D eigenvalue weighted by molar-refractivity contribution is 5.26. The second kappa shape index (κ2) is 5.31. The first-order valence-electron chi connectivity index (χ1n) is 10.0. The Hall–Kier alpha value is -0.380. The Labute approximate surface area is 146 Å². The fourth-order valence-corrected chi connectivity index (χ4v) is 7.38. The van der Waals surface area contributed by atoms with Crippen LogP contribution in [0, 0.1) is 28.6 Å². The molecule has 0 radical (unpaired) electrons. The quantitative estimate of drug-likeness (QED) is 0.644. The van der Waals surface area contributed by atoms with Crippen molar-refractivity contribution in [1.82, 2.24) is 0 Å². The van der Waals surface area contributed by atoms with Crippen LogP contribution < -0.4 is 0 Å². The number of allylic oxidation sites excluding steroid dienone is 1. The first-order chi connectivity index (χ1) is 11.2. The minimum atomic E-state index is -0.920. The summed E-state index contributed by atoms with van der Waals surface area (Å²) in [7, 11) is 0. The van der Waals surface area contributed by atoms with Crippen LogP contribution in [0.5, 0.6) is 0 Å². The molecule has 0 amide bonds. The van der Waals surface area contributed by atoms with Crippen molar-refractivity contribution in [3.05, 3.63) is 11.6 Å². The Morgan fingerprint density at radius 1 is 1.08 bits per heavy atom. The Bertz CT molecular complexity index is 555. The van der Waals surface area contributed by atoms with Gasteiger partial charge < -0.3 is 15.3 Å². The van der Waals surface area contributed by atoms with Crippen LogP contribution in [0.25, 0.3) is 0 Å². The van der Waals surface area contributed by atoms with Crippen molar-refractivity contribution < 1.29 is 15.3 Å². The average Bonchev–Trinajstić information content (AvgIpc) is 2.81. The van der Waals surface area contributed by atoms with E-state index in [2.05, 4.69) is 19.9 Å². The van der Waals surface area contributed by atoms with Crippen molar-refractivity contribution in [1.29, 1.82) is 0 Å². The smallest absolute Gasteiger partial charge is 0.0958 e. The first-order valence-corrected chi connectivity index (χ1v) is 10.0. The molecular formula is C21H34O3. The lowest BCUT2D eigenvalue weighted by Crippen LogP contribution is -2.58. The Morgan fingerprint density at radius 2 is 1.79 bits per heavy atom. The zero-order valence-corrected chi connectivity index (χ0v) is 15.5. The van der Waals surface area contributed by atoms with E-state index in [0.29, 0.717) is 17.8 Å². The highest BCUT2D eigenvalue weighted by Gasteiger charge is 2.64. The van der Waals surface area contributed by atoms with Gasteiger partial charge in [0.05, 0.1) is 17.8 Å². The van der Waals surface area contributed by atoms with Crippen molar-refractivity contribution in [3.8, 4) is 0 Å². The zero-order valence-electron chi connectivity index (χ0n) is 15.5. The Balaban J connectivity index is 1.68. The summed E-state index contributed by atoms with van der Waals surface area (Å²) in [6.07, 6.45) is 9.56. The van der Waals surface area contributed by atoms with E-state index in [1.807, 2.05) is 0 Å². The number of aliphatic hydroxyl groups is 3. The van der Waals surface area contributed by atoms with E-state index in [1.165, 1.54) is 5.57 Å². The molecule has 24 heavy (non-hydrogen) atoms. The molecule has 3 fully saturated rings. The Morgan fingerprint density at radius 3 is 2.50 bits per heavy atom. The van der Waals surface area contributed by atoms with Crippen LogP contribution in [0.4, 0.5) is 0 Å². The summed E-state index contributed by atoms with van der Waals surface area (Å²) < 4.78 is 0. The third-order valence-corrected chi connectivity index (χ3v) is 8.98. The maximum absolute atomic E-state index is 11.2. The molecule has 0 aromatic heterocycles. The molecule has 3 saturated carbocycles. The summed E-state index contributed by atoms with van der Waals surface area (Å²) in [5, 5.41) is 31.6. The van der Waals surface area contributed by atoms with Gasteiger partial charge in [0.2, 0.25) is 0 Å². The molecule has 0 bridgehead atoms. The van der Waals surface area contributed by atoms with Crippen molar-refractivity contribution in [3.63, 3.8) is 0 Å². The fourth-order valence-electron chi connectivity index (χ4n) is 7.38. The fraction of sp³-hybridized carbons (Fsp3) is 0.905. The lowest BCUT2D eigenvalue weighted by molar-refractivity contribution is -0.170. The lowest BCUT2D eigenvalue weighted by atomic mass is 9.46. The molecule has 4 rings (SSSR count). The van der Waals surface area contributed by atoms with Gasteiger partial charge in [-0.05, 0) is 81.5 Å². The van der Waals surface area contributed by atoms with Gasteiger partial charge in [0, 0.05) is 5.41 Å². The minimum absolute atomic E-state index is 0.151. The SMILES string of the molecule is C[C@H](O)[C@@]1(O)CC[C@H]2[C@@H]3CC=C4C[C@@H](O)CC[C@]4(C)[C@H]3CC[C@@]21C. The molecule has 0 aromatic rings. The third kappa shape index (κ3) is 2.01. The molecule has 3 nitrogen and oxygen atoms in total. The molecule has 8 atom stereocenters. The van der Waals surface area contributed by atoms with Crippen LogP contribution in [0.15, 0.2) is 11.6 Å². The van der Waals surface area contributed by atoms with Crippen LogP contribution in [0.1, 0.15) is 72.1 Å². The van der Waals surface area contributed by atoms with Crippen molar-refractivity contribution >= 4 is 0 Å². The van der Waals surface area contributed by atoms with Crippen molar-refractivity contribution in [2.24, 2.45) is 28.6 Å². The van der Waals surface area contributed by atoms with Crippen LogP contribution >= 0.6 is 0 Å². The minimum Gasteiger partial charge on any atom is -0.393 e. The van der Waals surface area contributed by atoms with Crippen LogP contribution in [-0.4, -0.2) is 33.1 Å². The molecule has 0 aliphatic heterocycles. The second-order valence-electron chi connectivity index (χ2n) is 9.75. The standard InChI is InChI=1S/C21H34O3/c1-13(22)21(24)11-8-18-16-5-4-14-12-15(23)6-9-19(14,2)17(16)7-10-20(18,21)3/h4,13,15-18,22-24H,5-12H2,1-3H3/t13-,15-,16+,17-,18-,19-,20-,21-/m0/s1. The largest absolute Gasteiger partial charge is 0.393 e. The van der Waals surface area contributed by atoms with Gasteiger partial charge in [0.1, 0.15) is 0 Å². The number of hydrogen-bond donors (Lipinski definition) is 3. The van der Waals surface area contributed by atoms with Crippen LogP contribution in [0.2, 0.25) is 0 Å². The summed E-state index contributed by atoms with van der Waals surface area (Å²) in [5.41, 5.74) is 0.665. The zero-order chi connectivity index (χ0) is 17.3. The summed E-state index contributed by atoms with van der Waals surface area (Å²) in [5.74, 6) is 1.82. The van der Waals surface area contributed by atoms with E-state index < -0.39 is 11.7 Å². The average molecular weight is 335 g/mol. The molecule has 0 spiro atoms. The van der Waals surface area contributed by atoms with Gasteiger partial charge in [-0.2, -0.15) is 0 Å². The lowest BCUT2D eigenvalue weighted by Gasteiger charge is -2.59. The van der Waals surface area contributed by atoms with Gasteiger partial charge in [-0.15, -0.1) is 0 Å². The predicted molar refractivity (Wildman–Crippen MR) is 94.3 cm³/mol. The highest BCUT2D eigenvalue weighted by atomic mass is 16.3. The molecule has 4 aliphatic carbocycles. The normalized spacial score (nSPS) is 55.2. The maximum Gasteiger partial charge on any atom is 0.0958 e. The molecular weight excluding hydrogens is 300 g/mol. The van der Waals surface area contributed by atoms with Crippen molar-refractivity contribution in [2.75, 3.05) is 0 Å². The molecule has 4 aliphatic rings. The van der Waals surface area contributed by atoms with E-state index >= 15 is 0 Å². The van der Waals surface area contributed by atoms with Crippen molar-refractivity contribution in [2.45, 2.75) is 89.9 Å². The third-order valence-electron chi connectivity index (χ3n) is 8.98. The van der Waals surface area contributed by atoms with Gasteiger partial charge in [-0.25, -0.2) is 0 Å². The molecule has 0 aromatic carbocycles. The number of aliphatic hydroxyl groups excluding tert-OH is 2. The topological polar surface area (TPSA) is 60.7 Å². The van der Waals surface area contributed by atoms with Crippen LogP contribution in [0.3, 0.4) is 0 Å². The van der Waals surface area contributed by atoms with Gasteiger partial charge >= 0.3 is 0 Å². The molecule has 0 heterocycles. The van der Waals surface area contributed by atoms with Gasteiger partial charge in [-0.3, -0.25) is 0 Å². The maximum atomic E-state index is 11.2. The number of fused-ring (bicyclic) bond motifs is 5. The van der Waals surface area contributed by atoms with E-state index in [1.54, 1.807) is 6.92 Å². The number of rotatable bonds is 1. The highest BCUT2D eigenvalue weighted by Crippen LogP contribution is 2.67. The van der Waals surface area contributed by atoms with Gasteiger partial charge in [0.15, 0.2) is 0 Å². The predicted octanol–water partition coefficient (Wildman–Crippen LogP) is 3.42. The van der Waals surface area contributed by atoms with E-state index in [9.17, 15) is 15.3 Å². The second-order valence-corrected chi connectivity index (χ2v) is 9.75. The number of hydrogen-bond acceptors (Lipinski definition) is 3. The molecule has 0 saturated heterocycles. The first kappa shape index (κ1) is 17.1. The summed E-state index contributed by atoms with van der Waals surface area (Å²) in [6, 6.07) is 0. The summed E-state index contributed by atoms with van der Waals surface area (Å²) in [4.78, 5) is 0. The molecule has 136 valence electrons. The van der Waals surface area contributed by atoms with Crippen LogP contribution in [-0.2, 0) is 0 Å².